The van der Waals surface area contributed by atoms with Crippen LogP contribution in [0.3, 0.4) is 0 Å². The van der Waals surface area contributed by atoms with Crippen LogP contribution in [0.15, 0.2) is 55.6 Å². The van der Waals surface area contributed by atoms with Crippen molar-refractivity contribution in [1.29, 1.82) is 0 Å². The van der Waals surface area contributed by atoms with Crippen LogP contribution < -0.4 is 4.90 Å². The van der Waals surface area contributed by atoms with Crippen molar-refractivity contribution in [3.05, 3.63) is 55.6 Å². The first-order valence-electron chi connectivity index (χ1n) is 14.9. The van der Waals surface area contributed by atoms with Crippen molar-refractivity contribution in [3.8, 4) is 0 Å². The lowest BCUT2D eigenvalue weighted by atomic mass is 9.66. The number of fused-ring (bicyclic) bond motifs is 1. The third-order valence-corrected chi connectivity index (χ3v) is 11.6. The van der Waals surface area contributed by atoms with Crippen LogP contribution in [-0.2, 0) is 14.4 Å². The molecule has 1 N–H and O–H groups in total. The van der Waals surface area contributed by atoms with Crippen LogP contribution in [-0.4, -0.2) is 79.4 Å². The molecule has 3 amide bonds. The summed E-state index contributed by atoms with van der Waals surface area (Å²) in [6, 6.07) is 8.20. The molecule has 3 heterocycles. The SMILES string of the molecule is C=CCN(C(=O)[C@H]1[C@H]2C(=O)N([C@@H](CO)[C@@H](C)CC)C(C(=O)N(CC=C)C(C)(C)C)C23CC[C@]1(C)S3)c1ccccc1. The average molecular weight is 582 g/mol. The molecule has 3 aliphatic rings. The summed E-state index contributed by atoms with van der Waals surface area (Å²) in [4.78, 5) is 49.2. The molecule has 224 valence electrons. The third kappa shape index (κ3) is 5.05. The lowest BCUT2D eigenvalue weighted by Crippen LogP contribution is -2.61. The van der Waals surface area contributed by atoms with Crippen LogP contribution in [0.2, 0.25) is 0 Å². The van der Waals surface area contributed by atoms with Gasteiger partial charge in [-0.3, -0.25) is 14.4 Å². The lowest BCUT2D eigenvalue weighted by Gasteiger charge is -2.44. The minimum absolute atomic E-state index is 0.0227. The van der Waals surface area contributed by atoms with Crippen molar-refractivity contribution >= 4 is 35.2 Å². The zero-order valence-electron chi connectivity index (χ0n) is 25.5. The van der Waals surface area contributed by atoms with Gasteiger partial charge in [0.05, 0.1) is 29.2 Å². The molecule has 3 aliphatic heterocycles. The molecule has 0 aromatic heterocycles. The standard InChI is InChI=1S/C33H47N3O4S/c1-9-19-34(23-15-13-12-14-16-23)28(38)25-26-29(39)36(24(21-37)22(4)11-3)27(33(26)18-17-32(25,8)41-33)30(40)35(20-10-2)31(5,6)7/h9-10,12-16,22,24-27,37H,1-2,11,17-21H2,3-8H3/t22-,24-,25+,26-,27?,32-,33?/m0/s1. The third-order valence-electron chi connectivity index (χ3n) is 9.59. The summed E-state index contributed by atoms with van der Waals surface area (Å²) in [6.07, 6.45) is 5.57. The largest absolute Gasteiger partial charge is 0.394 e. The second-order valence-corrected chi connectivity index (χ2v) is 15.0. The van der Waals surface area contributed by atoms with Crippen LogP contribution in [0.4, 0.5) is 5.69 Å². The first-order valence-corrected chi connectivity index (χ1v) is 15.7. The van der Waals surface area contributed by atoms with E-state index in [1.165, 1.54) is 0 Å². The molecule has 0 aliphatic carbocycles. The van der Waals surface area contributed by atoms with Gasteiger partial charge in [-0.1, -0.05) is 50.6 Å². The lowest BCUT2D eigenvalue weighted by molar-refractivity contribution is -0.149. The normalized spacial score (nSPS) is 30.1. The molecule has 1 aromatic rings. The highest BCUT2D eigenvalue weighted by molar-refractivity contribution is 8.02. The van der Waals surface area contributed by atoms with Crippen molar-refractivity contribution in [1.82, 2.24) is 9.80 Å². The van der Waals surface area contributed by atoms with E-state index in [1.54, 1.807) is 38.6 Å². The van der Waals surface area contributed by atoms with Crippen LogP contribution in [0.25, 0.3) is 0 Å². The van der Waals surface area contributed by atoms with Gasteiger partial charge >= 0.3 is 0 Å². The van der Waals surface area contributed by atoms with Gasteiger partial charge in [-0.2, -0.15) is 0 Å². The number of carbonyl (C=O) groups is 3. The van der Waals surface area contributed by atoms with E-state index in [4.69, 9.17) is 0 Å². The van der Waals surface area contributed by atoms with E-state index in [9.17, 15) is 19.5 Å². The van der Waals surface area contributed by atoms with Crippen LogP contribution >= 0.6 is 11.8 Å². The molecular weight excluding hydrogens is 534 g/mol. The molecule has 41 heavy (non-hydrogen) atoms. The molecule has 3 fully saturated rings. The van der Waals surface area contributed by atoms with Crippen LogP contribution in [0.5, 0.6) is 0 Å². The fourth-order valence-corrected chi connectivity index (χ4v) is 9.72. The average Bonchev–Trinajstić information content (AvgIpc) is 3.50. The smallest absolute Gasteiger partial charge is 0.247 e. The van der Waals surface area contributed by atoms with Gasteiger partial charge in [0.15, 0.2) is 0 Å². The number of rotatable bonds is 11. The second kappa shape index (κ2) is 11.6. The molecule has 4 rings (SSSR count). The number of benzene rings is 1. The number of likely N-dealkylation sites (tertiary alicyclic amines) is 1. The van der Waals surface area contributed by atoms with E-state index in [2.05, 4.69) is 20.1 Å². The van der Waals surface area contributed by atoms with Gasteiger partial charge in [-0.25, -0.2) is 0 Å². The zero-order valence-corrected chi connectivity index (χ0v) is 26.3. The Kier molecular flexibility index (Phi) is 8.87. The fourth-order valence-electron chi connectivity index (χ4n) is 7.39. The number of aliphatic hydroxyl groups is 1. The maximum absolute atomic E-state index is 14.7. The van der Waals surface area contributed by atoms with Gasteiger partial charge in [0, 0.05) is 29.1 Å². The molecule has 2 bridgehead atoms. The predicted molar refractivity (Wildman–Crippen MR) is 167 cm³/mol. The minimum Gasteiger partial charge on any atom is -0.394 e. The van der Waals surface area contributed by atoms with E-state index < -0.39 is 39.0 Å². The van der Waals surface area contributed by atoms with Gasteiger partial charge in [-0.05, 0) is 58.6 Å². The Morgan fingerprint density at radius 3 is 2.32 bits per heavy atom. The van der Waals surface area contributed by atoms with E-state index in [-0.39, 0.29) is 30.2 Å². The summed E-state index contributed by atoms with van der Waals surface area (Å²) in [7, 11) is 0. The maximum atomic E-state index is 14.7. The monoisotopic (exact) mass is 581 g/mol. The molecule has 2 unspecified atom stereocenters. The zero-order chi connectivity index (χ0) is 30.3. The number of anilines is 1. The summed E-state index contributed by atoms with van der Waals surface area (Å²) < 4.78 is -1.25. The topological polar surface area (TPSA) is 81.2 Å². The number of aliphatic hydroxyl groups excluding tert-OH is 1. The number of para-hydroxylation sites is 1. The van der Waals surface area contributed by atoms with Crippen LogP contribution in [0, 0.1) is 17.8 Å². The molecule has 0 radical (unpaired) electrons. The van der Waals surface area contributed by atoms with E-state index >= 15 is 0 Å². The minimum atomic E-state index is -0.778. The highest BCUT2D eigenvalue weighted by Gasteiger charge is 2.78. The summed E-state index contributed by atoms with van der Waals surface area (Å²) in [5, 5.41) is 10.6. The number of amides is 3. The Morgan fingerprint density at radius 1 is 1.15 bits per heavy atom. The molecule has 8 heteroatoms. The Morgan fingerprint density at radius 2 is 1.78 bits per heavy atom. The summed E-state index contributed by atoms with van der Waals surface area (Å²) >= 11 is 1.67. The van der Waals surface area contributed by atoms with Gasteiger partial charge in [-0.15, -0.1) is 24.9 Å². The number of thioether (sulfide) groups is 1. The van der Waals surface area contributed by atoms with Gasteiger partial charge in [0.25, 0.3) is 0 Å². The van der Waals surface area contributed by atoms with Crippen molar-refractivity contribution in [2.24, 2.45) is 17.8 Å². The first kappa shape index (κ1) is 31.4. The van der Waals surface area contributed by atoms with E-state index in [0.29, 0.717) is 19.5 Å². The first-order chi connectivity index (χ1) is 19.3. The van der Waals surface area contributed by atoms with Crippen LogP contribution in [0.1, 0.15) is 60.8 Å². The molecule has 0 saturated carbocycles. The number of carbonyl (C=O) groups excluding carboxylic acids is 3. The predicted octanol–water partition coefficient (Wildman–Crippen LogP) is 4.91. The van der Waals surface area contributed by atoms with Gasteiger partial charge < -0.3 is 19.8 Å². The Bertz CT molecular complexity index is 1180. The summed E-state index contributed by atoms with van der Waals surface area (Å²) in [5.41, 5.74) is 0.254. The number of hydrogen-bond donors (Lipinski definition) is 1. The Labute approximate surface area is 250 Å². The Balaban J connectivity index is 1.88. The molecule has 3 saturated heterocycles. The van der Waals surface area contributed by atoms with Crippen molar-refractivity contribution in [2.75, 3.05) is 24.6 Å². The number of nitrogens with zero attached hydrogens (tertiary/aromatic N) is 3. The second-order valence-electron chi connectivity index (χ2n) is 13.1. The molecule has 7 nitrogen and oxygen atoms in total. The summed E-state index contributed by atoms with van der Waals surface area (Å²) in [5.74, 6) is -1.71. The molecule has 1 spiro atoms. The van der Waals surface area contributed by atoms with Crippen molar-refractivity contribution < 1.29 is 19.5 Å². The van der Waals surface area contributed by atoms with Crippen molar-refractivity contribution in [3.63, 3.8) is 0 Å². The van der Waals surface area contributed by atoms with E-state index in [0.717, 1.165) is 18.5 Å². The quantitative estimate of drug-likeness (QED) is 0.376. The van der Waals surface area contributed by atoms with E-state index in [1.807, 2.05) is 65.0 Å². The fraction of sp³-hybridized carbons (Fsp3) is 0.606. The van der Waals surface area contributed by atoms with Crippen molar-refractivity contribution in [2.45, 2.75) is 87.9 Å². The molecule has 7 atom stereocenters. The highest BCUT2D eigenvalue weighted by atomic mass is 32.2. The number of hydrogen-bond acceptors (Lipinski definition) is 5. The summed E-state index contributed by atoms with van der Waals surface area (Å²) in [6.45, 7) is 20.3. The van der Waals surface area contributed by atoms with Gasteiger partial charge in [0.1, 0.15) is 6.04 Å². The van der Waals surface area contributed by atoms with Gasteiger partial charge in [0.2, 0.25) is 17.7 Å². The Hall–Kier alpha value is -2.58. The molecule has 1 aromatic carbocycles. The molecular formula is C33H47N3O4S. The maximum Gasteiger partial charge on any atom is 0.247 e. The highest BCUT2D eigenvalue weighted by Crippen LogP contribution is 2.72.